The molecule has 16 heteroatoms. The standard InChI is InChI=1S/C39H43ClF3N7O5/c1-24-17-29(4-5-30(24)36(54)49(23-51)33-7-8-34(52)46-35(33)53)48-20-25(21-48)19-47-15-10-26(11-16-47)27-9-14-44-50(22-27)38(12-2-13-38)37(55)45-32-6-3-28(18-31(32)40)39(41,42)43/h3-6,14,17-18,22-23,25-26,33H,2,7-13,15-16,19-21H2,1H3,(H,45,55)(H,46,52,53). The molecular formula is C39H43ClF3N7O5. The molecule has 292 valence electrons. The van der Waals surface area contributed by atoms with Crippen LogP contribution in [0.4, 0.5) is 24.5 Å². The van der Waals surface area contributed by atoms with E-state index in [1.807, 2.05) is 24.5 Å². The third kappa shape index (κ3) is 7.86. The summed E-state index contributed by atoms with van der Waals surface area (Å²) in [6.07, 6.45) is 4.46. The Labute approximate surface area is 321 Å². The van der Waals surface area contributed by atoms with Gasteiger partial charge in [-0.2, -0.15) is 18.3 Å². The molecule has 0 aromatic heterocycles. The van der Waals surface area contributed by atoms with Crippen molar-refractivity contribution in [1.82, 2.24) is 20.1 Å². The number of carbonyl (C=O) groups is 5. The molecule has 3 saturated heterocycles. The molecule has 1 unspecified atom stereocenters. The van der Waals surface area contributed by atoms with Crippen LogP contribution in [-0.2, 0) is 25.4 Å². The molecule has 0 spiro atoms. The SMILES string of the molecule is Cc1cc(N2CC(CN3CCC(C4=CN(C5(C(=O)Nc6ccc(C(F)(F)F)cc6Cl)CCC5)N=CC4)CC3)C2)ccc1C(=O)N(C=O)C1CCC(=O)NC1=O. The lowest BCUT2D eigenvalue weighted by Gasteiger charge is -2.47. The van der Waals surface area contributed by atoms with Crippen molar-refractivity contribution in [3.63, 3.8) is 0 Å². The number of benzene rings is 2. The molecule has 55 heavy (non-hydrogen) atoms. The average molecular weight is 782 g/mol. The first-order valence-electron chi connectivity index (χ1n) is 18.7. The predicted octanol–water partition coefficient (Wildman–Crippen LogP) is 5.36. The number of imide groups is 2. The summed E-state index contributed by atoms with van der Waals surface area (Å²) in [7, 11) is 0. The minimum absolute atomic E-state index is 0.0615. The minimum Gasteiger partial charge on any atom is -0.371 e. The van der Waals surface area contributed by atoms with Crippen LogP contribution in [0.25, 0.3) is 0 Å². The number of piperidine rings is 2. The highest BCUT2D eigenvalue weighted by molar-refractivity contribution is 6.33. The summed E-state index contributed by atoms with van der Waals surface area (Å²) < 4.78 is 39.4. The topological polar surface area (TPSA) is 135 Å². The number of hydrogen-bond donors (Lipinski definition) is 2. The molecule has 4 fully saturated rings. The first-order valence-corrected chi connectivity index (χ1v) is 19.0. The van der Waals surface area contributed by atoms with E-state index in [9.17, 15) is 37.1 Å². The fourth-order valence-electron chi connectivity index (χ4n) is 8.27. The van der Waals surface area contributed by atoms with Gasteiger partial charge in [0, 0.05) is 62.1 Å². The molecule has 12 nitrogen and oxygen atoms in total. The van der Waals surface area contributed by atoms with Crippen LogP contribution in [0.3, 0.4) is 0 Å². The molecular weight excluding hydrogens is 739 g/mol. The summed E-state index contributed by atoms with van der Waals surface area (Å²) >= 11 is 6.14. The summed E-state index contributed by atoms with van der Waals surface area (Å²) in [5.74, 6) is -1.14. The number of nitrogens with zero attached hydrogens (tertiary/aromatic N) is 5. The summed E-state index contributed by atoms with van der Waals surface area (Å²) in [6.45, 7) is 6.43. The van der Waals surface area contributed by atoms with Crippen LogP contribution < -0.4 is 15.5 Å². The van der Waals surface area contributed by atoms with Gasteiger partial charge in [0.1, 0.15) is 11.6 Å². The van der Waals surface area contributed by atoms with Crippen LogP contribution in [0, 0.1) is 18.8 Å². The van der Waals surface area contributed by atoms with Crippen molar-refractivity contribution in [3.8, 4) is 0 Å². The number of nitrogens with one attached hydrogen (secondary N) is 2. The van der Waals surface area contributed by atoms with E-state index >= 15 is 0 Å². The van der Waals surface area contributed by atoms with Gasteiger partial charge in [0.25, 0.3) is 11.8 Å². The Kier molecular flexibility index (Phi) is 10.8. The van der Waals surface area contributed by atoms with Gasteiger partial charge < -0.3 is 15.1 Å². The van der Waals surface area contributed by atoms with Crippen LogP contribution in [0.1, 0.15) is 72.9 Å². The van der Waals surface area contributed by atoms with Crippen LogP contribution in [0.5, 0.6) is 0 Å². The number of anilines is 2. The Morgan fingerprint density at radius 1 is 1.09 bits per heavy atom. The van der Waals surface area contributed by atoms with Crippen LogP contribution in [0.2, 0.25) is 5.02 Å². The molecule has 5 amide bonds. The summed E-state index contributed by atoms with van der Waals surface area (Å²) in [5, 5.41) is 11.1. The molecule has 2 aromatic rings. The van der Waals surface area contributed by atoms with Gasteiger partial charge in [-0.15, -0.1) is 0 Å². The number of hydrogen-bond acceptors (Lipinski definition) is 9. The normalized spacial score (nSPS) is 22.0. The summed E-state index contributed by atoms with van der Waals surface area (Å²) in [4.78, 5) is 68.1. The number of hydrazone groups is 1. The molecule has 1 aliphatic carbocycles. The first-order chi connectivity index (χ1) is 26.3. The maximum Gasteiger partial charge on any atom is 0.416 e. The second-order valence-corrected chi connectivity index (χ2v) is 15.6. The summed E-state index contributed by atoms with van der Waals surface area (Å²) in [5.41, 5.74) is 1.56. The average Bonchev–Trinajstić information content (AvgIpc) is 3.11. The van der Waals surface area contributed by atoms with Gasteiger partial charge in [-0.1, -0.05) is 11.6 Å². The number of aryl methyl sites for hydroxylation is 1. The maximum absolute atomic E-state index is 13.6. The largest absolute Gasteiger partial charge is 0.416 e. The van der Waals surface area contributed by atoms with E-state index in [0.717, 1.165) is 74.7 Å². The van der Waals surface area contributed by atoms with E-state index in [1.165, 1.54) is 11.6 Å². The first kappa shape index (κ1) is 38.5. The third-order valence-electron chi connectivity index (χ3n) is 11.7. The van der Waals surface area contributed by atoms with Gasteiger partial charge in [-0.05, 0) is 112 Å². The van der Waals surface area contributed by atoms with Crippen LogP contribution in [0.15, 0.2) is 53.3 Å². The molecule has 7 rings (SSSR count). The van der Waals surface area contributed by atoms with Gasteiger partial charge in [0.2, 0.25) is 18.2 Å². The zero-order valence-electron chi connectivity index (χ0n) is 30.4. The Bertz CT molecular complexity index is 1940. The van der Waals surface area contributed by atoms with Crippen molar-refractivity contribution in [3.05, 3.63) is 69.9 Å². The molecule has 2 aromatic carbocycles. The van der Waals surface area contributed by atoms with Crippen molar-refractivity contribution in [2.24, 2.45) is 16.9 Å². The highest BCUT2D eigenvalue weighted by Gasteiger charge is 2.50. The minimum atomic E-state index is -4.54. The maximum atomic E-state index is 13.6. The Balaban J connectivity index is 0.894. The van der Waals surface area contributed by atoms with Crippen molar-refractivity contribution in [1.29, 1.82) is 0 Å². The number of rotatable bonds is 10. The highest BCUT2D eigenvalue weighted by atomic mass is 35.5. The number of alkyl halides is 3. The van der Waals surface area contributed by atoms with E-state index in [1.54, 1.807) is 18.0 Å². The van der Waals surface area contributed by atoms with E-state index in [0.29, 0.717) is 48.6 Å². The van der Waals surface area contributed by atoms with Crippen LogP contribution >= 0.6 is 11.6 Å². The van der Waals surface area contributed by atoms with E-state index in [-0.39, 0.29) is 29.5 Å². The fourth-order valence-corrected chi connectivity index (χ4v) is 8.50. The molecule has 5 aliphatic rings. The molecule has 1 atom stereocenters. The monoisotopic (exact) mass is 781 g/mol. The fraction of sp³-hybridized carbons (Fsp3) is 0.487. The van der Waals surface area contributed by atoms with Crippen molar-refractivity contribution in [2.75, 3.05) is 42.9 Å². The lowest BCUT2D eigenvalue weighted by Crippen LogP contribution is -2.58. The molecule has 4 heterocycles. The Morgan fingerprint density at radius 2 is 1.84 bits per heavy atom. The second-order valence-electron chi connectivity index (χ2n) is 15.2. The van der Waals surface area contributed by atoms with Gasteiger partial charge in [-0.3, -0.25) is 39.2 Å². The number of amides is 5. The van der Waals surface area contributed by atoms with Gasteiger partial charge in [-0.25, -0.2) is 0 Å². The third-order valence-corrected chi connectivity index (χ3v) is 12.0. The second kappa shape index (κ2) is 15.4. The Morgan fingerprint density at radius 3 is 2.45 bits per heavy atom. The Hall–Kier alpha value is -4.76. The molecule has 4 aliphatic heterocycles. The van der Waals surface area contributed by atoms with E-state index in [2.05, 4.69) is 25.5 Å². The van der Waals surface area contributed by atoms with Crippen molar-refractivity contribution in [2.45, 2.75) is 76.0 Å². The van der Waals surface area contributed by atoms with E-state index < -0.39 is 41.0 Å². The van der Waals surface area contributed by atoms with E-state index in [4.69, 9.17) is 11.6 Å². The highest BCUT2D eigenvalue weighted by Crippen LogP contribution is 2.43. The summed E-state index contributed by atoms with van der Waals surface area (Å²) in [6, 6.07) is 7.37. The molecule has 0 radical (unpaired) electrons. The number of allylic oxidation sites excluding steroid dienone is 1. The zero-order chi connectivity index (χ0) is 39.1. The zero-order valence-corrected chi connectivity index (χ0v) is 31.2. The number of halogens is 4. The van der Waals surface area contributed by atoms with Crippen molar-refractivity contribution < 1.29 is 37.1 Å². The molecule has 2 N–H and O–H groups in total. The van der Waals surface area contributed by atoms with Gasteiger partial charge >= 0.3 is 6.18 Å². The van der Waals surface area contributed by atoms with Crippen molar-refractivity contribution >= 4 is 59.2 Å². The quantitative estimate of drug-likeness (QED) is 0.243. The number of carbonyl (C=O) groups excluding carboxylic acids is 5. The van der Waals surface area contributed by atoms with Gasteiger partial charge in [0.15, 0.2) is 0 Å². The number of likely N-dealkylation sites (tertiary alicyclic amines) is 1. The lowest BCUT2D eigenvalue weighted by atomic mass is 9.75. The smallest absolute Gasteiger partial charge is 0.371 e. The molecule has 1 saturated carbocycles. The lowest BCUT2D eigenvalue weighted by molar-refractivity contribution is -0.139. The predicted molar refractivity (Wildman–Crippen MR) is 199 cm³/mol. The van der Waals surface area contributed by atoms with Crippen LogP contribution in [-0.4, -0.2) is 95.4 Å². The van der Waals surface area contributed by atoms with Gasteiger partial charge in [0.05, 0.1) is 16.3 Å². The molecule has 0 bridgehead atoms.